The van der Waals surface area contributed by atoms with E-state index in [1.165, 1.54) is 25.1 Å². The minimum atomic E-state index is -3.43. The van der Waals surface area contributed by atoms with E-state index in [1.54, 1.807) is 37.2 Å². The molecule has 1 amide bonds. The molecule has 2 aromatic rings. The van der Waals surface area contributed by atoms with Gasteiger partial charge in [0, 0.05) is 37.6 Å². The molecular weight excluding hydrogens is 494 g/mol. The maximum Gasteiger partial charge on any atom is 0.528 e. The maximum absolute atomic E-state index is 11.9. The first-order valence-electron chi connectivity index (χ1n) is 11.1. The Morgan fingerprint density at radius 1 is 1.23 bits per heavy atom. The smallest absolute Gasteiger partial charge is 0.485 e. The van der Waals surface area contributed by atoms with Gasteiger partial charge >= 0.3 is 6.16 Å². The van der Waals surface area contributed by atoms with Crippen molar-refractivity contribution in [3.05, 3.63) is 34.3 Å². The fourth-order valence-corrected chi connectivity index (χ4v) is 5.07. The highest BCUT2D eigenvalue weighted by molar-refractivity contribution is 7.90. The second kappa shape index (κ2) is 10.9. The van der Waals surface area contributed by atoms with Crippen molar-refractivity contribution in [1.29, 1.82) is 0 Å². The number of piperidine rings is 1. The van der Waals surface area contributed by atoms with Crippen molar-refractivity contribution in [3.63, 3.8) is 0 Å². The van der Waals surface area contributed by atoms with Gasteiger partial charge in [0.25, 0.3) is 0 Å². The standard InChI is InChI=1S/C23H31N3O7S2/c1-15(27)24-19-12-18(35(5,29)30)6-7-20(19)31-13-17-14-34-21(25-17)16-8-10-26(11-9-16)33-22(28)32-23(2,3)4/h6-7,12,14,16H,8-11,13H2,1-5H3,(H,24,27). The largest absolute Gasteiger partial charge is 0.528 e. The Morgan fingerprint density at radius 2 is 1.91 bits per heavy atom. The molecule has 35 heavy (non-hydrogen) atoms. The van der Waals surface area contributed by atoms with Crippen molar-refractivity contribution in [3.8, 4) is 5.75 Å². The number of anilines is 1. The van der Waals surface area contributed by atoms with Gasteiger partial charge in [-0.15, -0.1) is 16.4 Å². The van der Waals surface area contributed by atoms with Crippen molar-refractivity contribution in [2.45, 2.75) is 63.6 Å². The molecule has 1 aromatic heterocycles. The Labute approximate surface area is 209 Å². The Hall–Kier alpha value is -2.70. The van der Waals surface area contributed by atoms with Crippen LogP contribution in [0, 0.1) is 0 Å². The number of hydrogen-bond acceptors (Lipinski definition) is 10. The molecule has 1 aliphatic rings. The monoisotopic (exact) mass is 525 g/mol. The Morgan fingerprint density at radius 3 is 2.51 bits per heavy atom. The normalized spacial score (nSPS) is 15.5. The number of rotatable bonds is 7. The molecule has 0 bridgehead atoms. The third-order valence-electron chi connectivity index (χ3n) is 5.03. The van der Waals surface area contributed by atoms with Crippen LogP contribution in [0.25, 0.3) is 0 Å². The van der Waals surface area contributed by atoms with E-state index in [0.717, 1.165) is 29.8 Å². The van der Waals surface area contributed by atoms with Gasteiger partial charge in [-0.2, -0.15) is 0 Å². The van der Waals surface area contributed by atoms with E-state index >= 15 is 0 Å². The Bertz CT molecular complexity index is 1160. The quantitative estimate of drug-likeness (QED) is 0.531. The summed E-state index contributed by atoms with van der Waals surface area (Å²) in [5.74, 6) is 0.268. The average molecular weight is 526 g/mol. The van der Waals surface area contributed by atoms with E-state index in [4.69, 9.17) is 19.3 Å². The van der Waals surface area contributed by atoms with Crippen LogP contribution in [0.1, 0.15) is 57.2 Å². The summed E-state index contributed by atoms with van der Waals surface area (Å²) < 4.78 is 34.7. The van der Waals surface area contributed by atoms with Crippen molar-refractivity contribution >= 4 is 38.9 Å². The number of nitrogens with zero attached hydrogens (tertiary/aromatic N) is 2. The SMILES string of the molecule is CC(=O)Nc1cc(S(C)(=O)=O)ccc1OCc1csc(C2CCN(OC(=O)OC(C)(C)C)CC2)n1. The number of hydroxylamine groups is 2. The fraction of sp³-hybridized carbons (Fsp3) is 0.522. The molecule has 10 nitrogen and oxygen atoms in total. The number of ether oxygens (including phenoxy) is 2. The molecule has 0 saturated carbocycles. The highest BCUT2D eigenvalue weighted by Crippen LogP contribution is 2.32. The summed E-state index contributed by atoms with van der Waals surface area (Å²) in [6, 6.07) is 4.34. The Kier molecular flexibility index (Phi) is 8.39. The minimum Gasteiger partial charge on any atom is -0.485 e. The van der Waals surface area contributed by atoms with Crippen LogP contribution < -0.4 is 10.1 Å². The van der Waals surface area contributed by atoms with Gasteiger partial charge in [-0.05, 0) is 51.8 Å². The van der Waals surface area contributed by atoms with Gasteiger partial charge < -0.3 is 19.6 Å². The molecule has 2 heterocycles. The lowest BCUT2D eigenvalue weighted by atomic mass is 9.99. The number of aromatic nitrogens is 1. The van der Waals surface area contributed by atoms with Crippen molar-refractivity contribution in [1.82, 2.24) is 10.0 Å². The summed E-state index contributed by atoms with van der Waals surface area (Å²) in [6.45, 7) is 8.04. The van der Waals surface area contributed by atoms with Crippen LogP contribution in [0.4, 0.5) is 10.5 Å². The first-order chi connectivity index (χ1) is 16.3. The van der Waals surface area contributed by atoms with Crippen LogP contribution in [0.3, 0.4) is 0 Å². The van der Waals surface area contributed by atoms with Crippen molar-refractivity contribution in [2.75, 3.05) is 24.7 Å². The van der Waals surface area contributed by atoms with Gasteiger partial charge in [-0.1, -0.05) is 0 Å². The van der Waals surface area contributed by atoms with Gasteiger partial charge in [0.2, 0.25) is 5.91 Å². The van der Waals surface area contributed by atoms with Gasteiger partial charge in [0.15, 0.2) is 9.84 Å². The van der Waals surface area contributed by atoms with Gasteiger partial charge in [0.05, 0.1) is 21.3 Å². The summed E-state index contributed by atoms with van der Waals surface area (Å²) in [4.78, 5) is 33.5. The number of amides is 1. The topological polar surface area (TPSA) is 124 Å². The van der Waals surface area contributed by atoms with E-state index in [0.29, 0.717) is 18.8 Å². The van der Waals surface area contributed by atoms with Crippen molar-refractivity contribution < 1.29 is 32.3 Å². The van der Waals surface area contributed by atoms with Crippen LogP contribution >= 0.6 is 11.3 Å². The zero-order chi connectivity index (χ0) is 25.8. The van der Waals surface area contributed by atoms with Crippen LogP contribution in [-0.2, 0) is 30.8 Å². The predicted octanol–water partition coefficient (Wildman–Crippen LogP) is 4.13. The molecule has 1 aliphatic heterocycles. The van der Waals surface area contributed by atoms with Crippen LogP contribution in [0.5, 0.6) is 5.75 Å². The molecule has 1 N–H and O–H groups in total. The van der Waals surface area contributed by atoms with Crippen LogP contribution in [-0.4, -0.2) is 55.5 Å². The number of carbonyl (C=O) groups excluding carboxylic acids is 2. The fourth-order valence-electron chi connectivity index (χ4n) is 3.45. The highest BCUT2D eigenvalue weighted by atomic mass is 32.2. The second-order valence-electron chi connectivity index (χ2n) is 9.34. The Balaban J connectivity index is 1.57. The summed E-state index contributed by atoms with van der Waals surface area (Å²) in [5.41, 5.74) is 0.416. The second-order valence-corrected chi connectivity index (χ2v) is 12.2. The number of thiazole rings is 1. The van der Waals surface area contributed by atoms with Crippen LogP contribution in [0.2, 0.25) is 0 Å². The number of nitrogens with one attached hydrogen (secondary N) is 1. The summed E-state index contributed by atoms with van der Waals surface area (Å²) in [6.07, 6.45) is 1.98. The molecule has 12 heteroatoms. The lowest BCUT2D eigenvalue weighted by Gasteiger charge is -2.30. The van der Waals surface area contributed by atoms with Crippen LogP contribution in [0.15, 0.2) is 28.5 Å². The molecule has 3 rings (SSSR count). The molecule has 0 radical (unpaired) electrons. The van der Waals surface area contributed by atoms with Crippen molar-refractivity contribution in [2.24, 2.45) is 0 Å². The van der Waals surface area contributed by atoms with E-state index in [1.807, 2.05) is 5.38 Å². The molecule has 0 spiro atoms. The average Bonchev–Trinajstić information content (AvgIpc) is 3.20. The molecule has 192 valence electrons. The lowest BCUT2D eigenvalue weighted by Crippen LogP contribution is -2.37. The van der Waals surface area contributed by atoms with E-state index < -0.39 is 21.6 Å². The number of carbonyl (C=O) groups is 2. The summed E-state index contributed by atoms with van der Waals surface area (Å²) in [5, 5.41) is 7.13. The zero-order valence-corrected chi connectivity index (χ0v) is 22.1. The first-order valence-corrected chi connectivity index (χ1v) is 13.9. The lowest BCUT2D eigenvalue weighted by molar-refractivity contribution is -0.152. The van der Waals surface area contributed by atoms with E-state index in [-0.39, 0.29) is 29.0 Å². The third kappa shape index (κ3) is 8.18. The zero-order valence-electron chi connectivity index (χ0n) is 20.5. The summed E-state index contributed by atoms with van der Waals surface area (Å²) in [7, 11) is -3.43. The molecule has 1 saturated heterocycles. The molecule has 0 aliphatic carbocycles. The number of hydrogen-bond donors (Lipinski definition) is 1. The molecule has 0 unspecified atom stereocenters. The van der Waals surface area contributed by atoms with E-state index in [9.17, 15) is 18.0 Å². The maximum atomic E-state index is 11.9. The summed E-state index contributed by atoms with van der Waals surface area (Å²) >= 11 is 1.54. The minimum absolute atomic E-state index is 0.0894. The highest BCUT2D eigenvalue weighted by Gasteiger charge is 2.27. The molecule has 0 atom stereocenters. The number of sulfone groups is 1. The predicted molar refractivity (Wildman–Crippen MR) is 131 cm³/mol. The molecular formula is C23H31N3O7S2. The van der Waals surface area contributed by atoms with E-state index in [2.05, 4.69) is 5.32 Å². The number of benzene rings is 1. The molecule has 1 aromatic carbocycles. The van der Waals surface area contributed by atoms with Gasteiger partial charge in [0.1, 0.15) is 18.0 Å². The van der Waals surface area contributed by atoms with Gasteiger partial charge in [-0.25, -0.2) is 18.2 Å². The first kappa shape index (κ1) is 26.9. The third-order valence-corrected chi connectivity index (χ3v) is 7.20. The van der Waals surface area contributed by atoms with Gasteiger partial charge in [-0.3, -0.25) is 4.79 Å². The molecule has 1 fully saturated rings.